The van der Waals surface area contributed by atoms with E-state index in [0.717, 1.165) is 14.2 Å². The molecule has 0 aromatic carbocycles. The molecule has 0 amide bonds. The van der Waals surface area contributed by atoms with E-state index in [2.05, 4.69) is 4.74 Å². The van der Waals surface area contributed by atoms with Crippen molar-refractivity contribution in [2.24, 2.45) is 0 Å². The zero-order chi connectivity index (χ0) is 11.2. The Labute approximate surface area is 88.8 Å². The molecule has 0 aliphatic rings. The van der Waals surface area contributed by atoms with Crippen LogP contribution >= 0.6 is 0 Å². The zero-order valence-corrected chi connectivity index (χ0v) is 10.8. The molecule has 0 fully saturated rings. The number of esters is 1. The van der Waals surface area contributed by atoms with Gasteiger partial charge in [-0.25, -0.2) is 0 Å². The average Bonchev–Trinajstić information content (AvgIpc) is 2.13. The molecule has 0 saturated heterocycles. The Hall–Kier alpha value is -0.346. The van der Waals surface area contributed by atoms with Crippen molar-refractivity contribution in [2.45, 2.75) is 41.9 Å². The molecule has 0 spiro atoms. The summed E-state index contributed by atoms with van der Waals surface area (Å²) in [7, 11) is 0. The SMILES string of the molecule is C[CH2][Ti]([CH2]C)([CH2]C)[O]C(=O)OC(C)=O. The number of hydrogen-bond acceptors (Lipinski definition) is 4. The van der Waals surface area contributed by atoms with E-state index in [1.165, 1.54) is 6.92 Å². The van der Waals surface area contributed by atoms with Gasteiger partial charge in [0.15, 0.2) is 0 Å². The minimum atomic E-state index is -2.49. The summed E-state index contributed by atoms with van der Waals surface area (Å²) in [6.07, 6.45) is -0.817. The standard InChI is InChI=1S/C3H4O4.3C2H5.Ti/c1-2(4)7-3(5)6;3*1-2;/h1H3,(H,5,6);3*1H2,2H3;/q;;;;+1/p-1. The molecular formula is C9H18O4Ti. The first-order chi connectivity index (χ1) is 6.49. The van der Waals surface area contributed by atoms with Crippen molar-refractivity contribution in [3.8, 4) is 0 Å². The Morgan fingerprint density at radius 3 is 1.79 bits per heavy atom. The molecule has 0 N–H and O–H groups in total. The molecule has 0 aliphatic heterocycles. The van der Waals surface area contributed by atoms with E-state index in [-0.39, 0.29) is 0 Å². The number of carbonyl (C=O) groups is 2. The normalized spacial score (nSPS) is 10.9. The molecule has 0 rings (SSSR count). The summed E-state index contributed by atoms with van der Waals surface area (Å²) in [5, 5.41) is 0. The Bertz CT molecular complexity index is 203. The van der Waals surface area contributed by atoms with Crippen LogP contribution in [-0.2, 0) is 29.8 Å². The third-order valence-corrected chi connectivity index (χ3v) is 9.43. The first-order valence-electron chi connectivity index (χ1n) is 4.91. The molecule has 82 valence electrons. The van der Waals surface area contributed by atoms with Crippen molar-refractivity contribution in [1.82, 2.24) is 0 Å². The fraction of sp³-hybridized carbons (Fsp3) is 0.778. The van der Waals surface area contributed by atoms with Crippen molar-refractivity contribution in [3.05, 3.63) is 0 Å². The van der Waals surface area contributed by atoms with Crippen LogP contribution in [0.3, 0.4) is 0 Å². The fourth-order valence-corrected chi connectivity index (χ4v) is 4.92. The van der Waals surface area contributed by atoms with E-state index < -0.39 is 29.1 Å². The monoisotopic (exact) mass is 238 g/mol. The third-order valence-electron chi connectivity index (χ3n) is 2.46. The number of rotatable bonds is 4. The van der Waals surface area contributed by atoms with Gasteiger partial charge in [-0.05, 0) is 0 Å². The van der Waals surface area contributed by atoms with Gasteiger partial charge in [0.1, 0.15) is 0 Å². The van der Waals surface area contributed by atoms with Crippen LogP contribution in [-0.4, -0.2) is 12.1 Å². The van der Waals surface area contributed by atoms with Crippen LogP contribution < -0.4 is 0 Å². The van der Waals surface area contributed by atoms with Crippen LogP contribution in [0, 0.1) is 0 Å². The van der Waals surface area contributed by atoms with Gasteiger partial charge in [0, 0.05) is 0 Å². The number of hydrogen-bond donors (Lipinski definition) is 0. The maximum absolute atomic E-state index is 11.1. The summed E-state index contributed by atoms with van der Waals surface area (Å²) in [5.74, 6) is -0.616. The first-order valence-corrected chi connectivity index (χ1v) is 8.86. The third kappa shape index (κ3) is 4.24. The summed E-state index contributed by atoms with van der Waals surface area (Å²) in [4.78, 5) is 21.6. The van der Waals surface area contributed by atoms with Gasteiger partial charge in [0.05, 0.1) is 0 Å². The van der Waals surface area contributed by atoms with E-state index in [1.54, 1.807) is 0 Å². The second-order valence-corrected chi connectivity index (χ2v) is 10.5. The Kier molecular flexibility index (Phi) is 6.04. The second kappa shape index (κ2) is 6.20. The summed E-state index contributed by atoms with van der Waals surface area (Å²) in [5.41, 5.74) is 0. The molecule has 4 nitrogen and oxygen atoms in total. The van der Waals surface area contributed by atoms with Gasteiger partial charge in [-0.3, -0.25) is 0 Å². The van der Waals surface area contributed by atoms with Crippen LogP contribution in [0.4, 0.5) is 4.79 Å². The van der Waals surface area contributed by atoms with Gasteiger partial charge in [-0.15, -0.1) is 0 Å². The Balaban J connectivity index is 4.29. The molecule has 0 aliphatic carbocycles. The number of carbonyl (C=O) groups excluding carboxylic acids is 2. The first kappa shape index (κ1) is 13.7. The Morgan fingerprint density at radius 2 is 1.50 bits per heavy atom. The molecule has 14 heavy (non-hydrogen) atoms. The summed E-state index contributed by atoms with van der Waals surface area (Å²) >= 11 is -2.49. The van der Waals surface area contributed by atoms with Crippen molar-refractivity contribution in [3.63, 3.8) is 0 Å². The van der Waals surface area contributed by atoms with Crippen LogP contribution in [0.1, 0.15) is 27.7 Å². The van der Waals surface area contributed by atoms with Gasteiger partial charge in [-0.1, -0.05) is 0 Å². The molecule has 0 saturated carbocycles. The van der Waals surface area contributed by atoms with Crippen LogP contribution in [0.5, 0.6) is 0 Å². The van der Waals surface area contributed by atoms with Crippen LogP contribution in [0.15, 0.2) is 0 Å². The van der Waals surface area contributed by atoms with Gasteiger partial charge >= 0.3 is 88.6 Å². The van der Waals surface area contributed by atoms with Crippen molar-refractivity contribution in [2.75, 3.05) is 0 Å². The zero-order valence-electron chi connectivity index (χ0n) is 9.25. The summed E-state index contributed by atoms with van der Waals surface area (Å²) in [6.45, 7) is 7.26. The average molecular weight is 238 g/mol. The molecule has 0 atom stereocenters. The molecule has 0 aromatic heterocycles. The van der Waals surface area contributed by atoms with Gasteiger partial charge in [0.25, 0.3) is 0 Å². The van der Waals surface area contributed by atoms with E-state index >= 15 is 0 Å². The minimum absolute atomic E-state index is 0.616. The molecular weight excluding hydrogens is 220 g/mol. The predicted molar refractivity (Wildman–Crippen MR) is 49.7 cm³/mol. The van der Waals surface area contributed by atoms with E-state index in [4.69, 9.17) is 3.32 Å². The van der Waals surface area contributed by atoms with Gasteiger partial charge < -0.3 is 0 Å². The van der Waals surface area contributed by atoms with E-state index in [9.17, 15) is 9.59 Å². The second-order valence-electron chi connectivity index (χ2n) is 3.19. The molecule has 0 unspecified atom stereocenters. The summed E-state index contributed by atoms with van der Waals surface area (Å²) < 4.78 is 12.4. The van der Waals surface area contributed by atoms with Gasteiger partial charge in [-0.2, -0.15) is 0 Å². The molecule has 0 radical (unpaired) electrons. The molecule has 0 heterocycles. The van der Waals surface area contributed by atoms with Gasteiger partial charge in [0.2, 0.25) is 0 Å². The molecule has 0 aromatic rings. The van der Waals surface area contributed by atoms with Crippen LogP contribution in [0.25, 0.3) is 0 Å². The predicted octanol–water partition coefficient (Wildman–Crippen LogP) is 3.07. The van der Waals surface area contributed by atoms with Crippen LogP contribution in [0.2, 0.25) is 14.2 Å². The van der Waals surface area contributed by atoms with E-state index in [0.29, 0.717) is 0 Å². The molecule has 0 bridgehead atoms. The van der Waals surface area contributed by atoms with Crippen molar-refractivity contribution >= 4 is 12.1 Å². The number of ether oxygens (including phenoxy) is 1. The quantitative estimate of drug-likeness (QED) is 0.429. The fourth-order valence-electron chi connectivity index (χ4n) is 1.28. The summed E-state index contributed by atoms with van der Waals surface area (Å²) in [6, 6.07) is 0. The molecule has 5 heteroatoms. The van der Waals surface area contributed by atoms with Crippen molar-refractivity contribution < 1.29 is 34.6 Å². The Morgan fingerprint density at radius 1 is 1.07 bits per heavy atom. The maximum atomic E-state index is 11.1. The topological polar surface area (TPSA) is 52.6 Å². The van der Waals surface area contributed by atoms with E-state index in [1.807, 2.05) is 20.8 Å². The van der Waals surface area contributed by atoms with Crippen molar-refractivity contribution in [1.29, 1.82) is 0 Å².